The van der Waals surface area contributed by atoms with Gasteiger partial charge in [-0.2, -0.15) is 0 Å². The zero-order chi connectivity index (χ0) is 25.0. The number of aliphatic imine (C=N–C) groups is 1. The average molecular weight is 491 g/mol. The minimum atomic E-state index is -4.66. The lowest BCUT2D eigenvalue weighted by Gasteiger charge is -2.14. The number of hydrogen-bond donors (Lipinski definition) is 3. The number of aromatic nitrogens is 2. The van der Waals surface area contributed by atoms with E-state index in [1.165, 1.54) is 30.6 Å². The molecule has 0 aliphatic rings. The molecule has 0 aliphatic carbocycles. The molecule has 2 aromatic carbocycles. The van der Waals surface area contributed by atoms with Crippen molar-refractivity contribution in [2.45, 2.75) is 24.8 Å². The molecule has 0 saturated carbocycles. The molecule has 1 heterocycles. The second kappa shape index (κ2) is 9.91. The summed E-state index contributed by atoms with van der Waals surface area (Å²) in [4.78, 5) is 11.2. The second-order valence-corrected chi connectivity index (χ2v) is 9.00. The van der Waals surface area contributed by atoms with Gasteiger partial charge in [0.05, 0.1) is 17.1 Å². The molecule has 0 radical (unpaired) electrons. The van der Waals surface area contributed by atoms with Gasteiger partial charge < -0.3 is 11.5 Å². The van der Waals surface area contributed by atoms with E-state index in [1.807, 2.05) is 18.6 Å². The first-order valence-electron chi connectivity index (χ1n) is 9.88. The Morgan fingerprint density at radius 3 is 2.56 bits per heavy atom. The second-order valence-electron chi connectivity index (χ2n) is 7.35. The Morgan fingerprint density at radius 1 is 1.15 bits per heavy atom. The molecule has 0 bridgehead atoms. The van der Waals surface area contributed by atoms with Gasteiger partial charge >= 0.3 is 0 Å². The van der Waals surface area contributed by atoms with E-state index in [0.29, 0.717) is 12.1 Å². The van der Waals surface area contributed by atoms with Gasteiger partial charge in [0.15, 0.2) is 5.82 Å². The first-order chi connectivity index (χ1) is 16.0. The normalized spacial score (nSPS) is 12.8. The van der Waals surface area contributed by atoms with Crippen molar-refractivity contribution in [1.82, 2.24) is 9.97 Å². The Bertz CT molecular complexity index is 1390. The number of sulfonamides is 1. The van der Waals surface area contributed by atoms with Crippen LogP contribution in [0.3, 0.4) is 0 Å². The van der Waals surface area contributed by atoms with Gasteiger partial charge in [-0.15, -0.1) is 0 Å². The molecule has 0 amide bonds. The molecule has 0 fully saturated rings. The molecule has 0 atom stereocenters. The Kier molecular flexibility index (Phi) is 7.20. The van der Waals surface area contributed by atoms with Gasteiger partial charge in [0, 0.05) is 29.6 Å². The highest BCUT2D eigenvalue weighted by atomic mass is 32.2. The summed E-state index contributed by atoms with van der Waals surface area (Å²) in [6.07, 6.45) is 2.79. The lowest BCUT2D eigenvalue weighted by molar-refractivity contribution is 0.555. The highest BCUT2D eigenvalue weighted by molar-refractivity contribution is 7.92. The van der Waals surface area contributed by atoms with Crippen molar-refractivity contribution >= 4 is 39.1 Å². The summed E-state index contributed by atoms with van der Waals surface area (Å²) < 4.78 is 70.0. The maximum atomic E-state index is 15.4. The van der Waals surface area contributed by atoms with Crippen LogP contribution in [-0.4, -0.2) is 30.6 Å². The molecule has 0 spiro atoms. The summed E-state index contributed by atoms with van der Waals surface area (Å²) in [5.41, 5.74) is 11.6. The number of allylic oxidation sites excluding steroid dienone is 1. The van der Waals surface area contributed by atoms with Crippen LogP contribution in [0, 0.1) is 17.5 Å². The fraction of sp³-hybridized carbons (Fsp3) is 0.136. The monoisotopic (exact) mass is 490 g/mol. The summed E-state index contributed by atoms with van der Waals surface area (Å²) >= 11 is 0. The Balaban J connectivity index is 2.12. The lowest BCUT2D eigenvalue weighted by atomic mass is 10.0. The lowest BCUT2D eigenvalue weighted by Crippen LogP contribution is -2.17. The van der Waals surface area contributed by atoms with Crippen LogP contribution in [0.1, 0.15) is 25.1 Å². The third kappa shape index (κ3) is 5.52. The van der Waals surface area contributed by atoms with Crippen LogP contribution in [0.2, 0.25) is 0 Å². The molecule has 34 heavy (non-hydrogen) atoms. The van der Waals surface area contributed by atoms with E-state index >= 15 is 4.39 Å². The predicted molar refractivity (Wildman–Crippen MR) is 125 cm³/mol. The van der Waals surface area contributed by atoms with E-state index in [0.717, 1.165) is 12.1 Å². The molecule has 12 heteroatoms. The van der Waals surface area contributed by atoms with Gasteiger partial charge in [-0.3, -0.25) is 9.71 Å². The SMILES string of the molecule is CC(C)N=CC(=C(N)c1cccc(NS(=O)(=O)c2cc(F)ccc2F)c1F)c1ccnc(N)n1. The van der Waals surface area contributed by atoms with Gasteiger partial charge in [0.2, 0.25) is 5.95 Å². The van der Waals surface area contributed by atoms with Crippen LogP contribution in [0.5, 0.6) is 0 Å². The fourth-order valence-corrected chi connectivity index (χ4v) is 4.02. The number of nitrogens with two attached hydrogens (primary N) is 2. The number of hydrogen-bond acceptors (Lipinski definition) is 7. The maximum Gasteiger partial charge on any atom is 0.265 e. The molecule has 178 valence electrons. The van der Waals surface area contributed by atoms with E-state index in [9.17, 15) is 17.2 Å². The molecule has 0 saturated heterocycles. The number of benzene rings is 2. The van der Waals surface area contributed by atoms with Crippen molar-refractivity contribution in [2.24, 2.45) is 10.7 Å². The molecular formula is C22H21F3N6O2S. The van der Waals surface area contributed by atoms with Gasteiger partial charge in [-0.05, 0) is 50.2 Å². The topological polar surface area (TPSA) is 136 Å². The van der Waals surface area contributed by atoms with E-state index in [4.69, 9.17) is 11.5 Å². The van der Waals surface area contributed by atoms with Crippen LogP contribution >= 0.6 is 0 Å². The first kappa shape index (κ1) is 24.7. The van der Waals surface area contributed by atoms with Crippen molar-refractivity contribution < 1.29 is 21.6 Å². The quantitative estimate of drug-likeness (QED) is 0.433. The van der Waals surface area contributed by atoms with E-state index < -0.39 is 38.1 Å². The molecule has 3 rings (SSSR count). The summed E-state index contributed by atoms with van der Waals surface area (Å²) in [5, 5.41) is 0. The number of anilines is 2. The molecule has 8 nitrogen and oxygen atoms in total. The smallest absolute Gasteiger partial charge is 0.265 e. The summed E-state index contributed by atoms with van der Waals surface area (Å²) in [5.74, 6) is -3.25. The molecule has 0 unspecified atom stereocenters. The molecule has 1 aromatic heterocycles. The van der Waals surface area contributed by atoms with E-state index in [-0.39, 0.29) is 34.5 Å². The van der Waals surface area contributed by atoms with Crippen LogP contribution < -0.4 is 16.2 Å². The third-order valence-corrected chi connectivity index (χ3v) is 5.84. The Labute approximate surface area is 194 Å². The van der Waals surface area contributed by atoms with Crippen molar-refractivity contribution in [1.29, 1.82) is 0 Å². The van der Waals surface area contributed by atoms with Crippen molar-refractivity contribution in [3.8, 4) is 0 Å². The van der Waals surface area contributed by atoms with E-state index in [1.54, 1.807) is 0 Å². The molecule has 0 aliphatic heterocycles. The minimum absolute atomic E-state index is 0.0418. The number of nitrogens with one attached hydrogen (secondary N) is 1. The number of halogens is 3. The maximum absolute atomic E-state index is 15.4. The Hall–Kier alpha value is -3.93. The summed E-state index contributed by atoms with van der Waals surface area (Å²) in [7, 11) is -4.66. The minimum Gasteiger partial charge on any atom is -0.398 e. The highest BCUT2D eigenvalue weighted by Crippen LogP contribution is 2.28. The highest BCUT2D eigenvalue weighted by Gasteiger charge is 2.23. The molecular weight excluding hydrogens is 469 g/mol. The largest absolute Gasteiger partial charge is 0.398 e. The van der Waals surface area contributed by atoms with Crippen LogP contribution in [-0.2, 0) is 10.0 Å². The van der Waals surface area contributed by atoms with E-state index in [2.05, 4.69) is 15.0 Å². The fourth-order valence-electron chi connectivity index (χ4n) is 2.87. The summed E-state index contributed by atoms with van der Waals surface area (Å²) in [6.45, 7) is 3.64. The van der Waals surface area contributed by atoms with Crippen LogP contribution in [0.4, 0.5) is 24.8 Å². The first-order valence-corrected chi connectivity index (χ1v) is 11.4. The van der Waals surface area contributed by atoms with Gasteiger partial charge in [-0.25, -0.2) is 31.6 Å². The zero-order valence-corrected chi connectivity index (χ0v) is 18.9. The van der Waals surface area contributed by atoms with Gasteiger partial charge in [-0.1, -0.05) is 6.07 Å². The van der Waals surface area contributed by atoms with Crippen LogP contribution in [0.15, 0.2) is 58.5 Å². The average Bonchev–Trinajstić information content (AvgIpc) is 2.76. The van der Waals surface area contributed by atoms with Gasteiger partial charge in [0.25, 0.3) is 10.0 Å². The van der Waals surface area contributed by atoms with Crippen LogP contribution in [0.25, 0.3) is 11.3 Å². The van der Waals surface area contributed by atoms with Gasteiger partial charge in [0.1, 0.15) is 16.5 Å². The number of nitrogens with zero attached hydrogens (tertiary/aromatic N) is 3. The summed E-state index contributed by atoms with van der Waals surface area (Å²) in [6, 6.07) is 7.08. The van der Waals surface area contributed by atoms with Crippen molar-refractivity contribution in [3.05, 3.63) is 77.4 Å². The molecule has 5 N–H and O–H groups in total. The third-order valence-electron chi connectivity index (χ3n) is 4.46. The standard InChI is InChI=1S/C22H21F3N6O2S/c1-12(2)29-11-15(17-8-9-28-22(27)30-17)21(26)14-4-3-5-18(20(14)25)31-34(32,33)19-10-13(23)6-7-16(19)24/h3-12,31H,26H2,1-2H3,(H2,27,28,30). The van der Waals surface area contributed by atoms with Crippen molar-refractivity contribution in [2.75, 3.05) is 10.5 Å². The number of nitrogen functional groups attached to an aromatic ring is 1. The number of rotatable bonds is 7. The predicted octanol–water partition coefficient (Wildman–Crippen LogP) is 3.58. The Morgan fingerprint density at radius 2 is 1.88 bits per heavy atom. The van der Waals surface area contributed by atoms with Crippen molar-refractivity contribution in [3.63, 3.8) is 0 Å². The molecule has 3 aromatic rings. The zero-order valence-electron chi connectivity index (χ0n) is 18.1.